The second-order valence-corrected chi connectivity index (χ2v) is 9.48. The Labute approximate surface area is 168 Å². The molecule has 2 heterocycles. The minimum atomic E-state index is 0.0151. The third kappa shape index (κ3) is 3.13. The minimum absolute atomic E-state index is 0.0151. The molecule has 5 rings (SSSR count). The van der Waals surface area contributed by atoms with E-state index in [4.69, 9.17) is 0 Å². The second-order valence-electron chi connectivity index (χ2n) is 9.48. The van der Waals surface area contributed by atoms with Crippen molar-refractivity contribution in [2.24, 2.45) is 5.92 Å². The molecule has 4 fully saturated rings. The minimum Gasteiger partial charge on any atom is -0.395 e. The van der Waals surface area contributed by atoms with E-state index in [0.717, 1.165) is 38.4 Å². The lowest BCUT2D eigenvalue weighted by atomic mass is 9.60. The van der Waals surface area contributed by atoms with Crippen molar-refractivity contribution in [3.05, 3.63) is 35.9 Å². The Balaban J connectivity index is 1.30. The number of benzene rings is 1. The Morgan fingerprint density at radius 3 is 2.43 bits per heavy atom. The van der Waals surface area contributed by atoms with Gasteiger partial charge in [-0.3, -0.25) is 4.90 Å². The van der Waals surface area contributed by atoms with Gasteiger partial charge in [-0.25, -0.2) is 4.79 Å². The first-order chi connectivity index (χ1) is 13.7. The number of amides is 2. The Kier molecular flexibility index (Phi) is 4.84. The molecule has 1 spiro atoms. The summed E-state index contributed by atoms with van der Waals surface area (Å²) in [5, 5.41) is 13.4. The highest BCUT2D eigenvalue weighted by molar-refractivity contribution is 5.76. The van der Waals surface area contributed by atoms with Gasteiger partial charge in [0.05, 0.1) is 12.1 Å². The van der Waals surface area contributed by atoms with Crippen LogP contribution in [-0.4, -0.2) is 64.8 Å². The molecule has 0 unspecified atom stereocenters. The summed E-state index contributed by atoms with van der Waals surface area (Å²) in [5.41, 5.74) is 1.32. The molecule has 1 aromatic carbocycles. The van der Waals surface area contributed by atoms with Crippen LogP contribution in [-0.2, 0) is 0 Å². The van der Waals surface area contributed by atoms with E-state index in [1.807, 2.05) is 4.90 Å². The van der Waals surface area contributed by atoms with E-state index >= 15 is 0 Å². The van der Waals surface area contributed by atoms with E-state index in [9.17, 15) is 9.90 Å². The number of aliphatic hydroxyl groups is 1. The molecule has 2 atom stereocenters. The molecule has 0 radical (unpaired) electrons. The Morgan fingerprint density at radius 1 is 1.07 bits per heavy atom. The van der Waals surface area contributed by atoms with Crippen molar-refractivity contribution in [1.29, 1.82) is 0 Å². The zero-order chi connectivity index (χ0) is 19.1. The van der Waals surface area contributed by atoms with Crippen LogP contribution >= 0.6 is 0 Å². The number of nitrogens with zero attached hydrogens (tertiary/aromatic N) is 2. The summed E-state index contributed by atoms with van der Waals surface area (Å²) < 4.78 is 0. The zero-order valence-corrected chi connectivity index (χ0v) is 16.7. The second kappa shape index (κ2) is 7.34. The first-order valence-corrected chi connectivity index (χ1v) is 11.2. The normalized spacial score (nSPS) is 30.0. The lowest BCUT2D eigenvalue weighted by Crippen LogP contribution is -2.85. The number of aliphatic hydroxyl groups excluding tert-OH is 1. The number of hydrogen-bond donors (Lipinski definition) is 2. The highest BCUT2D eigenvalue weighted by Gasteiger charge is 2.66. The van der Waals surface area contributed by atoms with Gasteiger partial charge in [-0.05, 0) is 37.2 Å². The number of urea groups is 1. The number of carbonyl (C=O) groups excluding carboxylic acids is 1. The van der Waals surface area contributed by atoms with Gasteiger partial charge < -0.3 is 15.3 Å². The fourth-order valence-electron chi connectivity index (χ4n) is 5.91. The quantitative estimate of drug-likeness (QED) is 0.822. The molecule has 152 valence electrons. The molecule has 2 aliphatic carbocycles. The average molecular weight is 384 g/mol. The highest BCUT2D eigenvalue weighted by Crippen LogP contribution is 2.55. The molecule has 5 nitrogen and oxygen atoms in total. The van der Waals surface area contributed by atoms with Gasteiger partial charge in [0.1, 0.15) is 0 Å². The van der Waals surface area contributed by atoms with Gasteiger partial charge in [-0.15, -0.1) is 0 Å². The van der Waals surface area contributed by atoms with Gasteiger partial charge in [0.15, 0.2) is 0 Å². The summed E-state index contributed by atoms with van der Waals surface area (Å²) >= 11 is 0. The van der Waals surface area contributed by atoms with E-state index in [0.29, 0.717) is 12.0 Å². The molecular weight excluding hydrogens is 350 g/mol. The summed E-state index contributed by atoms with van der Waals surface area (Å²) in [4.78, 5) is 17.3. The summed E-state index contributed by atoms with van der Waals surface area (Å²) in [6.45, 7) is 2.84. The number of likely N-dealkylation sites (tertiary alicyclic amines) is 2. The third-order valence-electron chi connectivity index (χ3n) is 7.58. The molecule has 4 aliphatic rings. The predicted octanol–water partition coefficient (Wildman–Crippen LogP) is 2.95. The van der Waals surface area contributed by atoms with E-state index < -0.39 is 0 Å². The van der Waals surface area contributed by atoms with Crippen molar-refractivity contribution in [2.75, 3.05) is 26.2 Å². The van der Waals surface area contributed by atoms with Crippen molar-refractivity contribution in [3.63, 3.8) is 0 Å². The van der Waals surface area contributed by atoms with Crippen LogP contribution in [0, 0.1) is 5.92 Å². The van der Waals surface area contributed by atoms with Gasteiger partial charge in [-0.1, -0.05) is 49.6 Å². The molecule has 5 heteroatoms. The maximum atomic E-state index is 12.8. The molecule has 2 aliphatic heterocycles. The summed E-state index contributed by atoms with van der Waals surface area (Å²) in [7, 11) is 0. The summed E-state index contributed by atoms with van der Waals surface area (Å²) in [6, 6.07) is 11.3. The monoisotopic (exact) mass is 383 g/mol. The van der Waals surface area contributed by atoms with Crippen molar-refractivity contribution in [3.8, 4) is 0 Å². The number of rotatable bonds is 5. The van der Waals surface area contributed by atoms with Crippen molar-refractivity contribution in [1.82, 2.24) is 15.1 Å². The van der Waals surface area contributed by atoms with E-state index in [-0.39, 0.29) is 24.2 Å². The highest BCUT2D eigenvalue weighted by atomic mass is 16.3. The van der Waals surface area contributed by atoms with Crippen LogP contribution in [0.3, 0.4) is 0 Å². The fraction of sp³-hybridized carbons (Fsp3) is 0.696. The van der Waals surface area contributed by atoms with Gasteiger partial charge in [0, 0.05) is 37.6 Å². The van der Waals surface area contributed by atoms with Crippen LogP contribution in [0.15, 0.2) is 30.3 Å². The average Bonchev–Trinajstić information content (AvgIpc) is 3.50. The molecule has 2 saturated carbocycles. The summed E-state index contributed by atoms with van der Waals surface area (Å²) in [6.07, 6.45) is 8.64. The molecular formula is C23H33N3O2. The number of carbonyl (C=O) groups is 1. The first kappa shape index (κ1) is 18.4. The molecule has 0 aromatic heterocycles. The molecule has 1 aromatic rings. The zero-order valence-electron chi connectivity index (χ0n) is 16.7. The molecule has 2 N–H and O–H groups in total. The van der Waals surface area contributed by atoms with Crippen molar-refractivity contribution < 1.29 is 9.90 Å². The van der Waals surface area contributed by atoms with Crippen molar-refractivity contribution in [2.45, 2.75) is 68.5 Å². The standard InChI is InChI=1S/C23H33N3O2/c27-14-20-21(18-7-3-1-4-8-18)23(26(20)13-17-11-12-17)15-25(16-23)22(28)24-19-9-5-2-6-10-19/h1,3-4,7-8,17,19-21,27H,2,5-6,9-16H2,(H,24,28)/t20-,21+/m1/s1. The number of nitrogens with one attached hydrogen (secondary N) is 1. The topological polar surface area (TPSA) is 55.8 Å². The predicted molar refractivity (Wildman–Crippen MR) is 109 cm³/mol. The maximum absolute atomic E-state index is 12.8. The van der Waals surface area contributed by atoms with E-state index in [2.05, 4.69) is 40.5 Å². The van der Waals surface area contributed by atoms with Crippen molar-refractivity contribution >= 4 is 6.03 Å². The summed E-state index contributed by atoms with van der Waals surface area (Å²) in [5.74, 6) is 1.10. The van der Waals surface area contributed by atoms with Crippen LogP contribution in [0.4, 0.5) is 4.79 Å². The van der Waals surface area contributed by atoms with E-state index in [1.54, 1.807) is 0 Å². The lowest BCUT2D eigenvalue weighted by Gasteiger charge is -2.71. The number of hydrogen-bond acceptors (Lipinski definition) is 3. The molecule has 2 saturated heterocycles. The SMILES string of the molecule is O=C(NC1CCCCC1)N1CC2(C1)[C@@H](c1ccccc1)[C@@H](CO)N2CC1CC1. The third-order valence-corrected chi connectivity index (χ3v) is 7.58. The van der Waals surface area contributed by atoms with Crippen LogP contribution in [0.5, 0.6) is 0 Å². The van der Waals surface area contributed by atoms with E-state index in [1.165, 1.54) is 37.7 Å². The smallest absolute Gasteiger partial charge is 0.317 e. The molecule has 28 heavy (non-hydrogen) atoms. The van der Waals surface area contributed by atoms with Gasteiger partial charge >= 0.3 is 6.03 Å². The molecule has 0 bridgehead atoms. The fourth-order valence-corrected chi connectivity index (χ4v) is 5.91. The van der Waals surface area contributed by atoms with Crippen LogP contribution in [0.1, 0.15) is 56.4 Å². The molecule has 2 amide bonds. The lowest BCUT2D eigenvalue weighted by molar-refractivity contribution is -0.179. The van der Waals surface area contributed by atoms with Crippen LogP contribution in [0.2, 0.25) is 0 Å². The van der Waals surface area contributed by atoms with Crippen LogP contribution in [0.25, 0.3) is 0 Å². The Hall–Kier alpha value is -1.59. The van der Waals surface area contributed by atoms with Gasteiger partial charge in [0.2, 0.25) is 0 Å². The Morgan fingerprint density at radius 2 is 1.79 bits per heavy atom. The van der Waals surface area contributed by atoms with Crippen LogP contribution < -0.4 is 5.32 Å². The largest absolute Gasteiger partial charge is 0.395 e. The van der Waals surface area contributed by atoms with Gasteiger partial charge in [-0.2, -0.15) is 0 Å². The Bertz CT molecular complexity index is 693. The van der Waals surface area contributed by atoms with Gasteiger partial charge in [0.25, 0.3) is 0 Å². The first-order valence-electron chi connectivity index (χ1n) is 11.2. The maximum Gasteiger partial charge on any atom is 0.317 e.